The molecule has 0 saturated carbocycles. The first-order valence-electron chi connectivity index (χ1n) is 5.78. The van der Waals surface area contributed by atoms with Crippen molar-refractivity contribution in [3.63, 3.8) is 0 Å². The van der Waals surface area contributed by atoms with Gasteiger partial charge < -0.3 is 4.74 Å². The van der Waals surface area contributed by atoms with Crippen molar-refractivity contribution in [1.29, 1.82) is 0 Å². The fraction of sp³-hybridized carbons (Fsp3) is 0.0667. The first kappa shape index (κ1) is 12.5. The minimum Gasteiger partial charge on any atom is -0.488 e. The smallest absolute Gasteiger partial charge is 0.131 e. The molecular weight excluding hydrogens is 283 g/mol. The van der Waals surface area contributed by atoms with Crippen LogP contribution in [0.4, 0.5) is 4.39 Å². The van der Waals surface area contributed by atoms with Gasteiger partial charge in [0.2, 0.25) is 0 Å². The SMILES string of the molecule is Fc1cccc2sc(COc3ccc(Cl)cc3)cc12. The Kier molecular flexibility index (Phi) is 3.40. The molecule has 3 rings (SSSR count). The molecule has 0 aliphatic rings. The van der Waals surface area contributed by atoms with Crippen LogP contribution in [0.5, 0.6) is 5.75 Å². The van der Waals surface area contributed by atoms with Crippen LogP contribution in [0, 0.1) is 5.82 Å². The molecule has 19 heavy (non-hydrogen) atoms. The van der Waals surface area contributed by atoms with E-state index in [0.29, 0.717) is 17.0 Å². The summed E-state index contributed by atoms with van der Waals surface area (Å²) in [5, 5.41) is 1.33. The van der Waals surface area contributed by atoms with Crippen LogP contribution in [-0.2, 0) is 6.61 Å². The average molecular weight is 293 g/mol. The molecular formula is C15H10ClFOS. The Labute approximate surface area is 119 Å². The molecule has 0 N–H and O–H groups in total. The molecule has 3 aromatic rings. The van der Waals surface area contributed by atoms with Crippen LogP contribution in [0.25, 0.3) is 10.1 Å². The van der Waals surface area contributed by atoms with Crippen LogP contribution in [0.1, 0.15) is 4.88 Å². The fourth-order valence-electron chi connectivity index (χ4n) is 1.83. The zero-order chi connectivity index (χ0) is 13.2. The van der Waals surface area contributed by atoms with Gasteiger partial charge in [0.25, 0.3) is 0 Å². The number of benzene rings is 2. The van der Waals surface area contributed by atoms with Gasteiger partial charge in [-0.2, -0.15) is 0 Å². The van der Waals surface area contributed by atoms with Gasteiger partial charge in [-0.05, 0) is 42.5 Å². The van der Waals surface area contributed by atoms with Crippen LogP contribution in [0.15, 0.2) is 48.5 Å². The van der Waals surface area contributed by atoms with Crippen LogP contribution in [0.2, 0.25) is 5.02 Å². The predicted octanol–water partition coefficient (Wildman–Crippen LogP) is 5.27. The Hall–Kier alpha value is -1.58. The third kappa shape index (κ3) is 2.72. The van der Waals surface area contributed by atoms with E-state index in [2.05, 4.69) is 0 Å². The molecule has 0 saturated heterocycles. The maximum Gasteiger partial charge on any atom is 0.131 e. The Balaban J connectivity index is 1.78. The van der Waals surface area contributed by atoms with Crippen molar-refractivity contribution in [2.45, 2.75) is 6.61 Å². The van der Waals surface area contributed by atoms with Gasteiger partial charge in [-0.3, -0.25) is 0 Å². The van der Waals surface area contributed by atoms with Gasteiger partial charge in [-0.1, -0.05) is 17.7 Å². The second kappa shape index (κ2) is 5.19. The molecule has 1 aromatic heterocycles. The van der Waals surface area contributed by atoms with E-state index < -0.39 is 0 Å². The molecule has 0 spiro atoms. The number of hydrogen-bond acceptors (Lipinski definition) is 2. The molecule has 1 heterocycles. The highest BCUT2D eigenvalue weighted by Gasteiger charge is 2.06. The van der Waals surface area contributed by atoms with Crippen LogP contribution >= 0.6 is 22.9 Å². The molecule has 0 fully saturated rings. The summed E-state index contributed by atoms with van der Waals surface area (Å²) in [4.78, 5) is 0.995. The van der Waals surface area contributed by atoms with Crippen molar-refractivity contribution in [2.24, 2.45) is 0 Å². The highest BCUT2D eigenvalue weighted by Crippen LogP contribution is 2.28. The minimum atomic E-state index is -0.188. The quantitative estimate of drug-likeness (QED) is 0.639. The molecule has 0 aliphatic heterocycles. The number of ether oxygens (including phenoxy) is 1. The molecule has 0 aliphatic carbocycles. The summed E-state index contributed by atoms with van der Waals surface area (Å²) in [5.41, 5.74) is 0. The lowest BCUT2D eigenvalue weighted by Gasteiger charge is -2.03. The number of rotatable bonds is 3. The van der Waals surface area contributed by atoms with Crippen LogP contribution in [-0.4, -0.2) is 0 Å². The van der Waals surface area contributed by atoms with E-state index in [4.69, 9.17) is 16.3 Å². The summed E-state index contributed by atoms with van der Waals surface area (Å²) >= 11 is 7.35. The molecule has 0 radical (unpaired) electrons. The second-order valence-electron chi connectivity index (χ2n) is 4.11. The summed E-state index contributed by atoms with van der Waals surface area (Å²) in [7, 11) is 0. The van der Waals surface area contributed by atoms with Gasteiger partial charge in [-0.15, -0.1) is 11.3 Å². The lowest BCUT2D eigenvalue weighted by Crippen LogP contribution is -1.91. The topological polar surface area (TPSA) is 9.23 Å². The molecule has 1 nitrogen and oxygen atoms in total. The van der Waals surface area contributed by atoms with Gasteiger partial charge in [0.05, 0.1) is 0 Å². The third-order valence-electron chi connectivity index (χ3n) is 2.75. The number of thiophene rings is 1. The summed E-state index contributed by atoms with van der Waals surface area (Å²) < 4.78 is 20.1. The Bertz CT molecular complexity index is 706. The number of fused-ring (bicyclic) bond motifs is 1. The van der Waals surface area contributed by atoms with Crippen LogP contribution in [0.3, 0.4) is 0 Å². The maximum atomic E-state index is 13.6. The molecule has 0 atom stereocenters. The Morgan fingerprint density at radius 1 is 1.11 bits per heavy atom. The van der Waals surface area contributed by atoms with Crippen molar-refractivity contribution in [2.75, 3.05) is 0 Å². The Morgan fingerprint density at radius 3 is 2.63 bits per heavy atom. The first-order valence-corrected chi connectivity index (χ1v) is 6.97. The van der Waals surface area contributed by atoms with Gasteiger partial charge in [0, 0.05) is 20.0 Å². The fourth-order valence-corrected chi connectivity index (χ4v) is 2.95. The van der Waals surface area contributed by atoms with Gasteiger partial charge >= 0.3 is 0 Å². The molecule has 96 valence electrons. The van der Waals surface area contributed by atoms with Crippen molar-refractivity contribution in [3.8, 4) is 5.75 Å². The molecule has 4 heteroatoms. The normalized spacial score (nSPS) is 10.8. The Morgan fingerprint density at radius 2 is 1.89 bits per heavy atom. The molecule has 0 bridgehead atoms. The maximum absolute atomic E-state index is 13.6. The molecule has 0 unspecified atom stereocenters. The number of halogens is 2. The van der Waals surface area contributed by atoms with Gasteiger partial charge in [0.15, 0.2) is 0 Å². The van der Waals surface area contributed by atoms with Gasteiger partial charge in [-0.25, -0.2) is 4.39 Å². The van der Waals surface area contributed by atoms with Crippen molar-refractivity contribution in [1.82, 2.24) is 0 Å². The van der Waals surface area contributed by atoms with E-state index >= 15 is 0 Å². The van der Waals surface area contributed by atoms with Gasteiger partial charge in [0.1, 0.15) is 18.2 Å². The summed E-state index contributed by atoms with van der Waals surface area (Å²) in [6.45, 7) is 0.431. The standard InChI is InChI=1S/C15H10ClFOS/c16-10-4-6-11(7-5-10)18-9-12-8-13-14(17)2-1-3-15(13)19-12/h1-8H,9H2. The van der Waals surface area contributed by atoms with Crippen molar-refractivity contribution in [3.05, 3.63) is 64.2 Å². The summed E-state index contributed by atoms with van der Waals surface area (Å²) in [6.07, 6.45) is 0. The van der Waals surface area contributed by atoms with E-state index in [1.165, 1.54) is 6.07 Å². The van der Waals surface area contributed by atoms with Crippen LogP contribution < -0.4 is 4.74 Å². The first-order chi connectivity index (χ1) is 9.22. The van der Waals surface area contributed by atoms with Crippen molar-refractivity contribution < 1.29 is 9.13 Å². The third-order valence-corrected chi connectivity index (χ3v) is 4.08. The highest BCUT2D eigenvalue weighted by atomic mass is 35.5. The van der Waals surface area contributed by atoms with E-state index in [9.17, 15) is 4.39 Å². The van der Waals surface area contributed by atoms with E-state index in [0.717, 1.165) is 15.3 Å². The second-order valence-corrected chi connectivity index (χ2v) is 5.71. The lowest BCUT2D eigenvalue weighted by atomic mass is 10.2. The molecule has 0 amide bonds. The minimum absolute atomic E-state index is 0.188. The highest BCUT2D eigenvalue weighted by molar-refractivity contribution is 7.19. The number of hydrogen-bond donors (Lipinski definition) is 0. The molecule has 2 aromatic carbocycles. The monoisotopic (exact) mass is 292 g/mol. The summed E-state index contributed by atoms with van der Waals surface area (Å²) in [5.74, 6) is 0.564. The zero-order valence-corrected chi connectivity index (χ0v) is 11.5. The van der Waals surface area contributed by atoms with E-state index in [1.54, 1.807) is 29.5 Å². The zero-order valence-electron chi connectivity index (χ0n) is 9.90. The largest absolute Gasteiger partial charge is 0.488 e. The van der Waals surface area contributed by atoms with E-state index in [1.807, 2.05) is 24.3 Å². The van der Waals surface area contributed by atoms with Crippen molar-refractivity contribution >= 4 is 33.0 Å². The average Bonchev–Trinajstić information content (AvgIpc) is 2.83. The summed E-state index contributed by atoms with van der Waals surface area (Å²) in [6, 6.07) is 14.1. The predicted molar refractivity (Wildman–Crippen MR) is 77.6 cm³/mol. The lowest BCUT2D eigenvalue weighted by molar-refractivity contribution is 0.310. The van der Waals surface area contributed by atoms with E-state index in [-0.39, 0.29) is 5.82 Å².